The number of rotatable bonds is 10. The third-order valence-electron chi connectivity index (χ3n) is 6.85. The van der Waals surface area contributed by atoms with E-state index in [0.717, 1.165) is 22.5 Å². The quantitative estimate of drug-likeness (QED) is 0.257. The highest BCUT2D eigenvalue weighted by Crippen LogP contribution is 2.24. The number of ether oxygens (including phenoxy) is 1. The first-order valence-corrected chi connectivity index (χ1v) is 16.1. The number of hydrogen-bond acceptors (Lipinski definition) is 8. The molecular formula is C30H32N6O5S2. The number of amides is 2. The first kappa shape index (κ1) is 30.4. The lowest BCUT2D eigenvalue weighted by atomic mass is 10.1. The van der Waals surface area contributed by atoms with Crippen molar-refractivity contribution in [2.45, 2.75) is 30.4 Å². The summed E-state index contributed by atoms with van der Waals surface area (Å²) in [4.78, 5) is 25.9. The molecule has 11 nitrogen and oxygen atoms in total. The zero-order valence-electron chi connectivity index (χ0n) is 23.8. The molecule has 1 saturated heterocycles. The summed E-state index contributed by atoms with van der Waals surface area (Å²) >= 11 is 1.24. The van der Waals surface area contributed by atoms with E-state index in [1.54, 1.807) is 4.57 Å². The van der Waals surface area contributed by atoms with Gasteiger partial charge in [-0.1, -0.05) is 42.1 Å². The number of benzene rings is 3. The molecule has 0 saturated carbocycles. The predicted molar refractivity (Wildman–Crippen MR) is 164 cm³/mol. The maximum absolute atomic E-state index is 13.0. The van der Waals surface area contributed by atoms with Crippen molar-refractivity contribution in [2.24, 2.45) is 0 Å². The second-order valence-corrected chi connectivity index (χ2v) is 12.8. The van der Waals surface area contributed by atoms with Gasteiger partial charge in [-0.3, -0.25) is 14.2 Å². The molecule has 3 aromatic carbocycles. The summed E-state index contributed by atoms with van der Waals surface area (Å²) in [5.41, 5.74) is 3.89. The summed E-state index contributed by atoms with van der Waals surface area (Å²) < 4.78 is 34.2. The SMILES string of the molecule is Cc1ccc(C)c(NC(=O)CSc2nnc(CNC(=O)c3ccc(S(=O)(=O)N4CCOCC4)cc3)n2-c2ccccc2)c1. The number of nitrogens with zero attached hydrogens (tertiary/aromatic N) is 4. The highest BCUT2D eigenvalue weighted by atomic mass is 32.2. The van der Waals surface area contributed by atoms with Crippen LogP contribution in [-0.4, -0.2) is 71.4 Å². The number of anilines is 1. The third kappa shape index (κ3) is 7.31. The van der Waals surface area contributed by atoms with Crippen LogP contribution in [0.5, 0.6) is 0 Å². The average molecular weight is 621 g/mol. The van der Waals surface area contributed by atoms with Gasteiger partial charge in [-0.15, -0.1) is 10.2 Å². The van der Waals surface area contributed by atoms with Crippen LogP contribution in [0.15, 0.2) is 82.8 Å². The molecule has 0 atom stereocenters. The van der Waals surface area contributed by atoms with E-state index in [2.05, 4.69) is 20.8 Å². The number of aryl methyl sites for hydroxylation is 2. The fraction of sp³-hybridized carbons (Fsp3) is 0.267. The van der Waals surface area contributed by atoms with Crippen LogP contribution in [0.2, 0.25) is 0 Å². The first-order valence-electron chi connectivity index (χ1n) is 13.7. The minimum Gasteiger partial charge on any atom is -0.379 e. The summed E-state index contributed by atoms with van der Waals surface area (Å²) in [6.07, 6.45) is 0. The van der Waals surface area contributed by atoms with E-state index in [1.165, 1.54) is 40.3 Å². The normalized spacial score (nSPS) is 13.9. The summed E-state index contributed by atoms with van der Waals surface area (Å²) in [6, 6.07) is 21.2. The van der Waals surface area contributed by atoms with Crippen LogP contribution < -0.4 is 10.6 Å². The van der Waals surface area contributed by atoms with Gasteiger partial charge in [-0.05, 0) is 67.4 Å². The number of hydrogen-bond donors (Lipinski definition) is 2. The van der Waals surface area contributed by atoms with Gasteiger partial charge in [0.2, 0.25) is 15.9 Å². The molecule has 0 radical (unpaired) electrons. The van der Waals surface area contributed by atoms with Crippen molar-refractivity contribution in [1.82, 2.24) is 24.4 Å². The number of morpholine rings is 1. The van der Waals surface area contributed by atoms with Gasteiger partial charge in [0.05, 0.1) is 30.4 Å². The molecule has 1 aromatic heterocycles. The topological polar surface area (TPSA) is 136 Å². The van der Waals surface area contributed by atoms with Crippen molar-refractivity contribution in [3.8, 4) is 5.69 Å². The lowest BCUT2D eigenvalue weighted by Crippen LogP contribution is -2.40. The molecule has 2 heterocycles. The van der Waals surface area contributed by atoms with Gasteiger partial charge in [-0.2, -0.15) is 4.31 Å². The zero-order valence-corrected chi connectivity index (χ0v) is 25.5. The number of nitrogens with one attached hydrogen (secondary N) is 2. The lowest BCUT2D eigenvalue weighted by molar-refractivity contribution is -0.113. The Kier molecular flexibility index (Phi) is 9.56. The molecule has 1 fully saturated rings. The van der Waals surface area contributed by atoms with Crippen LogP contribution in [0.4, 0.5) is 5.69 Å². The van der Waals surface area contributed by atoms with Crippen molar-refractivity contribution in [1.29, 1.82) is 0 Å². The largest absolute Gasteiger partial charge is 0.379 e. The molecule has 2 N–H and O–H groups in total. The summed E-state index contributed by atoms with van der Waals surface area (Å²) in [5.74, 6) is 0.0310. The van der Waals surface area contributed by atoms with Crippen molar-refractivity contribution >= 4 is 39.3 Å². The number of thioether (sulfide) groups is 1. The standard InChI is InChI=1S/C30H32N6O5S2/c1-21-8-9-22(2)26(18-21)32-28(37)20-42-30-34-33-27(36(30)24-6-4-3-5-7-24)19-31-29(38)23-10-12-25(13-11-23)43(39,40)35-14-16-41-17-15-35/h3-13,18H,14-17,19-20H2,1-2H3,(H,31,38)(H,32,37). The Balaban J connectivity index is 1.26. The minimum absolute atomic E-state index is 0.0593. The van der Waals surface area contributed by atoms with Gasteiger partial charge in [-0.25, -0.2) is 8.42 Å². The van der Waals surface area contributed by atoms with Crippen molar-refractivity contribution < 1.29 is 22.7 Å². The maximum atomic E-state index is 13.0. The van der Waals surface area contributed by atoms with E-state index < -0.39 is 10.0 Å². The minimum atomic E-state index is -3.66. The molecular weight excluding hydrogens is 589 g/mol. The second kappa shape index (κ2) is 13.5. The second-order valence-electron chi connectivity index (χ2n) is 9.95. The Bertz CT molecular complexity index is 1700. The fourth-order valence-electron chi connectivity index (χ4n) is 4.51. The molecule has 13 heteroatoms. The highest BCUT2D eigenvalue weighted by molar-refractivity contribution is 7.99. The van der Waals surface area contributed by atoms with Crippen molar-refractivity contribution in [3.63, 3.8) is 0 Å². The molecule has 1 aliphatic rings. The van der Waals surface area contributed by atoms with Crippen LogP contribution in [0.25, 0.3) is 5.69 Å². The van der Waals surface area contributed by atoms with E-state index >= 15 is 0 Å². The lowest BCUT2D eigenvalue weighted by Gasteiger charge is -2.26. The van der Waals surface area contributed by atoms with Crippen LogP contribution in [0.1, 0.15) is 27.3 Å². The van der Waals surface area contributed by atoms with Gasteiger partial charge in [0.25, 0.3) is 5.91 Å². The van der Waals surface area contributed by atoms with Crippen molar-refractivity contribution in [2.75, 3.05) is 37.4 Å². The van der Waals surface area contributed by atoms with Crippen LogP contribution in [0.3, 0.4) is 0 Å². The summed E-state index contributed by atoms with van der Waals surface area (Å²) in [6.45, 7) is 5.27. The Labute approximate surface area is 254 Å². The zero-order chi connectivity index (χ0) is 30.4. The third-order valence-corrected chi connectivity index (χ3v) is 9.69. The maximum Gasteiger partial charge on any atom is 0.251 e. The monoisotopic (exact) mass is 620 g/mol. The number of para-hydroxylation sites is 1. The van der Waals surface area contributed by atoms with E-state index in [1.807, 2.05) is 62.4 Å². The molecule has 0 spiro atoms. The molecule has 4 aromatic rings. The van der Waals surface area contributed by atoms with Gasteiger partial charge in [0.15, 0.2) is 11.0 Å². The number of carbonyl (C=O) groups excluding carboxylic acids is 2. The van der Waals surface area contributed by atoms with E-state index in [4.69, 9.17) is 4.74 Å². The van der Waals surface area contributed by atoms with E-state index in [9.17, 15) is 18.0 Å². The Morgan fingerprint density at radius 2 is 1.67 bits per heavy atom. The van der Waals surface area contributed by atoms with Gasteiger partial charge in [0, 0.05) is 30.0 Å². The molecule has 5 rings (SSSR count). The molecule has 0 unspecified atom stereocenters. The smallest absolute Gasteiger partial charge is 0.251 e. The fourth-order valence-corrected chi connectivity index (χ4v) is 6.69. The van der Waals surface area contributed by atoms with E-state index in [-0.39, 0.29) is 29.0 Å². The van der Waals surface area contributed by atoms with Gasteiger partial charge in [0.1, 0.15) is 0 Å². The summed E-state index contributed by atoms with van der Waals surface area (Å²) in [7, 11) is -3.66. The molecule has 0 aliphatic carbocycles. The van der Waals surface area contributed by atoms with Crippen LogP contribution in [0, 0.1) is 13.8 Å². The Hall–Kier alpha value is -4.04. The molecule has 43 heavy (non-hydrogen) atoms. The Morgan fingerprint density at radius 3 is 2.40 bits per heavy atom. The predicted octanol–water partition coefficient (Wildman–Crippen LogP) is 3.57. The molecule has 2 amide bonds. The molecule has 0 bridgehead atoms. The van der Waals surface area contributed by atoms with Crippen LogP contribution >= 0.6 is 11.8 Å². The highest BCUT2D eigenvalue weighted by Gasteiger charge is 2.26. The number of sulfonamides is 1. The van der Waals surface area contributed by atoms with Crippen molar-refractivity contribution in [3.05, 3.63) is 95.3 Å². The van der Waals surface area contributed by atoms with Gasteiger partial charge < -0.3 is 15.4 Å². The van der Waals surface area contributed by atoms with E-state index in [0.29, 0.717) is 42.8 Å². The first-order chi connectivity index (χ1) is 20.7. The van der Waals surface area contributed by atoms with Crippen LogP contribution in [-0.2, 0) is 26.1 Å². The number of carbonyl (C=O) groups is 2. The molecule has 1 aliphatic heterocycles. The average Bonchev–Trinajstić information content (AvgIpc) is 3.44. The molecule has 224 valence electrons. The summed E-state index contributed by atoms with van der Waals surface area (Å²) in [5, 5.41) is 14.9. The number of aromatic nitrogens is 3. The van der Waals surface area contributed by atoms with Gasteiger partial charge >= 0.3 is 0 Å². The Morgan fingerprint density at radius 1 is 0.953 bits per heavy atom.